The Hall–Kier alpha value is -1.08. The molecule has 0 bridgehead atoms. The van der Waals surface area contributed by atoms with Crippen molar-refractivity contribution in [3.63, 3.8) is 0 Å². The molecular formula is C11H12F3NO2S. The normalized spacial score (nSPS) is 17.8. The third-order valence-electron chi connectivity index (χ3n) is 2.96. The molecule has 0 unspecified atom stereocenters. The van der Waals surface area contributed by atoms with E-state index in [1.54, 1.807) is 6.92 Å². The van der Waals surface area contributed by atoms with Crippen molar-refractivity contribution in [2.75, 3.05) is 0 Å². The van der Waals surface area contributed by atoms with Gasteiger partial charge in [-0.25, -0.2) is 26.3 Å². The zero-order valence-corrected chi connectivity index (χ0v) is 10.4. The van der Waals surface area contributed by atoms with Crippen LogP contribution in [0.4, 0.5) is 13.2 Å². The molecule has 100 valence electrons. The fourth-order valence-corrected chi connectivity index (χ4v) is 3.10. The zero-order valence-electron chi connectivity index (χ0n) is 9.58. The fraction of sp³-hybridized carbons (Fsp3) is 0.455. The van der Waals surface area contributed by atoms with Gasteiger partial charge in [0.15, 0.2) is 17.5 Å². The summed E-state index contributed by atoms with van der Waals surface area (Å²) in [7, 11) is -4.17. The topological polar surface area (TPSA) is 46.2 Å². The van der Waals surface area contributed by atoms with Crippen LogP contribution in [-0.4, -0.2) is 14.5 Å². The van der Waals surface area contributed by atoms with Gasteiger partial charge in [-0.05, 0) is 37.8 Å². The van der Waals surface area contributed by atoms with Crippen LogP contribution in [0.2, 0.25) is 0 Å². The highest BCUT2D eigenvalue weighted by atomic mass is 32.2. The smallest absolute Gasteiger partial charge is 0.208 e. The number of benzene rings is 1. The summed E-state index contributed by atoms with van der Waals surface area (Å²) in [6.45, 7) is 1.66. The minimum absolute atomic E-state index is 0.230. The van der Waals surface area contributed by atoms with E-state index in [9.17, 15) is 21.6 Å². The number of hydrogen-bond donors (Lipinski definition) is 1. The molecule has 1 aliphatic rings. The molecule has 3 nitrogen and oxygen atoms in total. The summed E-state index contributed by atoms with van der Waals surface area (Å²) < 4.78 is 65.0. The van der Waals surface area contributed by atoms with Crippen LogP contribution in [0.3, 0.4) is 0 Å². The molecule has 1 aromatic carbocycles. The van der Waals surface area contributed by atoms with E-state index in [1.165, 1.54) is 0 Å². The number of sulfonamides is 1. The summed E-state index contributed by atoms with van der Waals surface area (Å²) in [5, 5.41) is 0. The second-order valence-corrected chi connectivity index (χ2v) is 6.10. The number of nitrogens with one attached hydrogen (secondary N) is 1. The Labute approximate surface area is 103 Å². The second kappa shape index (κ2) is 4.55. The van der Waals surface area contributed by atoms with Crippen LogP contribution in [0.15, 0.2) is 17.0 Å². The predicted octanol–water partition coefficient (Wildman–Crippen LogP) is 2.18. The first-order valence-corrected chi connectivity index (χ1v) is 6.97. The highest BCUT2D eigenvalue weighted by molar-refractivity contribution is 7.89. The molecule has 0 spiro atoms. The number of hydrogen-bond acceptors (Lipinski definition) is 2. The minimum atomic E-state index is -4.17. The van der Waals surface area contributed by atoms with E-state index in [-0.39, 0.29) is 12.0 Å². The van der Waals surface area contributed by atoms with E-state index < -0.39 is 32.4 Å². The maximum Gasteiger partial charge on any atom is 0.243 e. The lowest BCUT2D eigenvalue weighted by molar-refractivity contribution is 0.430. The van der Waals surface area contributed by atoms with Crippen LogP contribution in [-0.2, 0) is 10.0 Å². The van der Waals surface area contributed by atoms with Crippen molar-refractivity contribution in [3.05, 3.63) is 29.6 Å². The van der Waals surface area contributed by atoms with Crippen LogP contribution in [0.1, 0.15) is 19.8 Å². The molecule has 0 heterocycles. The van der Waals surface area contributed by atoms with E-state index in [0.717, 1.165) is 18.9 Å². The van der Waals surface area contributed by atoms with Crippen LogP contribution >= 0.6 is 0 Å². The van der Waals surface area contributed by atoms with Gasteiger partial charge < -0.3 is 0 Å². The quantitative estimate of drug-likeness (QED) is 0.859. The van der Waals surface area contributed by atoms with Gasteiger partial charge in [0.1, 0.15) is 4.90 Å². The summed E-state index contributed by atoms with van der Waals surface area (Å²) in [5.74, 6) is -4.66. The molecule has 1 aromatic rings. The molecule has 1 saturated carbocycles. The average molecular weight is 279 g/mol. The predicted molar refractivity (Wildman–Crippen MR) is 58.8 cm³/mol. The molecule has 1 fully saturated rings. The van der Waals surface area contributed by atoms with Crippen LogP contribution < -0.4 is 4.72 Å². The van der Waals surface area contributed by atoms with Gasteiger partial charge in [-0.3, -0.25) is 0 Å². The third kappa shape index (κ3) is 2.51. The van der Waals surface area contributed by atoms with Gasteiger partial charge in [0.25, 0.3) is 0 Å². The van der Waals surface area contributed by atoms with Gasteiger partial charge in [0, 0.05) is 6.04 Å². The van der Waals surface area contributed by atoms with Crippen LogP contribution in [0.5, 0.6) is 0 Å². The monoisotopic (exact) mass is 279 g/mol. The Morgan fingerprint density at radius 3 is 2.39 bits per heavy atom. The lowest BCUT2D eigenvalue weighted by atomic mass is 10.2. The van der Waals surface area contributed by atoms with Crippen molar-refractivity contribution in [1.82, 2.24) is 4.72 Å². The number of halogens is 3. The van der Waals surface area contributed by atoms with Crippen molar-refractivity contribution in [3.8, 4) is 0 Å². The van der Waals surface area contributed by atoms with E-state index in [4.69, 9.17) is 0 Å². The largest absolute Gasteiger partial charge is 0.243 e. The summed E-state index contributed by atoms with van der Waals surface area (Å²) in [6.07, 6.45) is 1.81. The van der Waals surface area contributed by atoms with Gasteiger partial charge in [-0.2, -0.15) is 0 Å². The van der Waals surface area contributed by atoms with Gasteiger partial charge in [-0.1, -0.05) is 0 Å². The maximum absolute atomic E-state index is 13.4. The Bertz CT molecular complexity index is 570. The lowest BCUT2D eigenvalue weighted by Gasteiger charge is -2.13. The first-order chi connectivity index (χ1) is 8.33. The van der Waals surface area contributed by atoms with Crippen molar-refractivity contribution in [2.24, 2.45) is 5.92 Å². The molecule has 0 amide bonds. The van der Waals surface area contributed by atoms with Gasteiger partial charge >= 0.3 is 0 Å². The maximum atomic E-state index is 13.4. The molecule has 0 saturated heterocycles. The van der Waals surface area contributed by atoms with E-state index >= 15 is 0 Å². The van der Waals surface area contributed by atoms with Gasteiger partial charge in [0.05, 0.1) is 0 Å². The average Bonchev–Trinajstić information content (AvgIpc) is 3.08. The summed E-state index contributed by atoms with van der Waals surface area (Å²) in [5.41, 5.74) is 0. The summed E-state index contributed by atoms with van der Waals surface area (Å²) in [4.78, 5) is -0.867. The molecule has 7 heteroatoms. The molecule has 1 N–H and O–H groups in total. The van der Waals surface area contributed by atoms with Crippen molar-refractivity contribution in [1.29, 1.82) is 0 Å². The summed E-state index contributed by atoms with van der Waals surface area (Å²) in [6, 6.07) is 0.965. The zero-order chi connectivity index (χ0) is 13.5. The Balaban J connectivity index is 2.32. The summed E-state index contributed by atoms with van der Waals surface area (Å²) >= 11 is 0. The van der Waals surface area contributed by atoms with Crippen molar-refractivity contribution < 1.29 is 21.6 Å². The molecule has 18 heavy (non-hydrogen) atoms. The third-order valence-corrected chi connectivity index (χ3v) is 4.54. The highest BCUT2D eigenvalue weighted by Crippen LogP contribution is 2.33. The molecule has 1 aliphatic carbocycles. The van der Waals surface area contributed by atoms with E-state index in [1.807, 2.05) is 0 Å². The fourth-order valence-electron chi connectivity index (χ4n) is 1.72. The molecule has 0 aliphatic heterocycles. The second-order valence-electron chi connectivity index (χ2n) is 4.42. The molecule has 0 aromatic heterocycles. The Morgan fingerprint density at radius 1 is 1.22 bits per heavy atom. The molecule has 0 radical (unpaired) electrons. The van der Waals surface area contributed by atoms with Crippen molar-refractivity contribution in [2.45, 2.75) is 30.7 Å². The number of rotatable bonds is 4. The first-order valence-electron chi connectivity index (χ1n) is 5.49. The standard InChI is InChI=1S/C11H12F3NO2S/c1-6(7-2-3-7)15-18(16,17)9-5-4-8(12)10(13)11(9)14/h4-7,15H,2-3H2,1H3/t6-/m0/s1. The Kier molecular flexibility index (Phi) is 3.37. The van der Waals surface area contributed by atoms with Gasteiger partial charge in [0.2, 0.25) is 10.0 Å². The first kappa shape index (κ1) is 13.4. The van der Waals surface area contributed by atoms with E-state index in [2.05, 4.69) is 4.72 Å². The minimum Gasteiger partial charge on any atom is -0.208 e. The highest BCUT2D eigenvalue weighted by Gasteiger charge is 2.32. The molecule has 1 atom stereocenters. The van der Waals surface area contributed by atoms with Crippen LogP contribution in [0.25, 0.3) is 0 Å². The molecular weight excluding hydrogens is 267 g/mol. The van der Waals surface area contributed by atoms with Crippen molar-refractivity contribution >= 4 is 10.0 Å². The molecule has 2 rings (SSSR count). The Morgan fingerprint density at radius 2 is 1.83 bits per heavy atom. The SMILES string of the molecule is C[C@H](NS(=O)(=O)c1ccc(F)c(F)c1F)C1CC1. The van der Waals surface area contributed by atoms with Gasteiger partial charge in [-0.15, -0.1) is 0 Å². The van der Waals surface area contributed by atoms with E-state index in [0.29, 0.717) is 6.07 Å². The lowest BCUT2D eigenvalue weighted by Crippen LogP contribution is -2.34. The van der Waals surface area contributed by atoms with Crippen LogP contribution in [0, 0.1) is 23.4 Å².